The molecule has 0 amide bonds. The van der Waals surface area contributed by atoms with Crippen molar-refractivity contribution in [1.82, 2.24) is 0 Å². The van der Waals surface area contributed by atoms with Crippen LogP contribution in [-0.4, -0.2) is 5.71 Å². The highest BCUT2D eigenvalue weighted by Gasteiger charge is 1.97. The second-order valence-corrected chi connectivity index (χ2v) is 2.77. The second kappa shape index (κ2) is 3.35. The van der Waals surface area contributed by atoms with E-state index in [1.54, 1.807) is 0 Å². The molecule has 0 aromatic carbocycles. The molecule has 10 heavy (non-hydrogen) atoms. The number of hydrogen-bond acceptors (Lipinski definition) is 1. The van der Waals surface area contributed by atoms with Gasteiger partial charge < -0.3 is 5.41 Å². The first kappa shape index (κ1) is 7.26. The quantitative estimate of drug-likeness (QED) is 0.528. The predicted octanol–water partition coefficient (Wildman–Crippen LogP) is 2.55. The van der Waals surface area contributed by atoms with Crippen LogP contribution in [0.15, 0.2) is 24.3 Å². The first-order chi connectivity index (χ1) is 4.79. The molecule has 0 saturated heterocycles. The van der Waals surface area contributed by atoms with E-state index in [0.717, 1.165) is 6.42 Å². The molecule has 1 unspecified atom stereocenters. The molecule has 1 aliphatic rings. The SMILES string of the molecule is CC1C=CC(=N)/C=C\CC1. The van der Waals surface area contributed by atoms with Crippen LogP contribution in [0.2, 0.25) is 0 Å². The highest BCUT2D eigenvalue weighted by atomic mass is 14.4. The summed E-state index contributed by atoms with van der Waals surface area (Å²) in [5.74, 6) is 0.630. The maximum atomic E-state index is 7.34. The molecule has 0 aliphatic heterocycles. The summed E-state index contributed by atoms with van der Waals surface area (Å²) in [5.41, 5.74) is 0.617. The lowest BCUT2D eigenvalue weighted by atomic mass is 10.0. The topological polar surface area (TPSA) is 23.9 Å². The average Bonchev–Trinajstić information content (AvgIpc) is 1.90. The van der Waals surface area contributed by atoms with Gasteiger partial charge in [-0.2, -0.15) is 0 Å². The molecule has 1 heteroatoms. The van der Waals surface area contributed by atoms with Crippen LogP contribution < -0.4 is 0 Å². The highest BCUT2D eigenvalue weighted by molar-refractivity contribution is 6.01. The Labute approximate surface area is 62.0 Å². The fourth-order valence-corrected chi connectivity index (χ4v) is 0.989. The molecular formula is C9H13N. The van der Waals surface area contributed by atoms with Gasteiger partial charge in [0.05, 0.1) is 5.71 Å². The van der Waals surface area contributed by atoms with Gasteiger partial charge in [-0.1, -0.05) is 19.1 Å². The Morgan fingerprint density at radius 2 is 2.30 bits per heavy atom. The molecule has 1 N–H and O–H groups in total. The van der Waals surface area contributed by atoms with Gasteiger partial charge in [-0.05, 0) is 30.9 Å². The van der Waals surface area contributed by atoms with Crippen LogP contribution in [0, 0.1) is 11.3 Å². The zero-order valence-corrected chi connectivity index (χ0v) is 6.30. The van der Waals surface area contributed by atoms with Crippen molar-refractivity contribution >= 4 is 5.71 Å². The van der Waals surface area contributed by atoms with Gasteiger partial charge in [0, 0.05) is 0 Å². The molecule has 1 atom stereocenters. The van der Waals surface area contributed by atoms with E-state index in [4.69, 9.17) is 5.41 Å². The first-order valence-corrected chi connectivity index (χ1v) is 3.72. The van der Waals surface area contributed by atoms with Gasteiger partial charge in [0.1, 0.15) is 0 Å². The molecule has 0 radical (unpaired) electrons. The van der Waals surface area contributed by atoms with Gasteiger partial charge in [0.2, 0.25) is 0 Å². The Kier molecular flexibility index (Phi) is 2.43. The van der Waals surface area contributed by atoms with E-state index in [0.29, 0.717) is 11.6 Å². The molecule has 0 spiro atoms. The fourth-order valence-electron chi connectivity index (χ4n) is 0.989. The van der Waals surface area contributed by atoms with Crippen LogP contribution in [0.4, 0.5) is 0 Å². The summed E-state index contributed by atoms with van der Waals surface area (Å²) in [7, 11) is 0. The van der Waals surface area contributed by atoms with E-state index < -0.39 is 0 Å². The van der Waals surface area contributed by atoms with Gasteiger partial charge in [0.15, 0.2) is 0 Å². The van der Waals surface area contributed by atoms with Crippen LogP contribution in [-0.2, 0) is 0 Å². The zero-order chi connectivity index (χ0) is 7.40. The normalized spacial score (nSPS) is 29.3. The molecule has 1 nitrogen and oxygen atoms in total. The highest BCUT2D eigenvalue weighted by Crippen LogP contribution is 2.09. The lowest BCUT2D eigenvalue weighted by Gasteiger charge is -2.04. The van der Waals surface area contributed by atoms with Gasteiger partial charge in [-0.3, -0.25) is 0 Å². The van der Waals surface area contributed by atoms with Crippen molar-refractivity contribution in [2.45, 2.75) is 19.8 Å². The smallest absolute Gasteiger partial charge is 0.0533 e. The Hall–Kier alpha value is -0.850. The van der Waals surface area contributed by atoms with Crippen molar-refractivity contribution in [2.75, 3.05) is 0 Å². The van der Waals surface area contributed by atoms with E-state index in [1.807, 2.05) is 12.2 Å². The number of nitrogens with one attached hydrogen (secondary N) is 1. The summed E-state index contributed by atoms with van der Waals surface area (Å²) in [6, 6.07) is 0. The lowest BCUT2D eigenvalue weighted by Crippen LogP contribution is -1.94. The Bertz CT molecular complexity index is 177. The van der Waals surface area contributed by atoms with E-state index >= 15 is 0 Å². The van der Waals surface area contributed by atoms with E-state index in [1.165, 1.54) is 6.42 Å². The van der Waals surface area contributed by atoms with E-state index in [9.17, 15) is 0 Å². The first-order valence-electron chi connectivity index (χ1n) is 3.72. The van der Waals surface area contributed by atoms with E-state index in [2.05, 4.69) is 19.1 Å². The summed E-state index contributed by atoms with van der Waals surface area (Å²) in [6.45, 7) is 2.18. The van der Waals surface area contributed by atoms with Crippen molar-refractivity contribution in [1.29, 1.82) is 5.41 Å². The van der Waals surface area contributed by atoms with Crippen LogP contribution in [0.3, 0.4) is 0 Å². The fraction of sp³-hybridized carbons (Fsp3) is 0.444. The second-order valence-electron chi connectivity index (χ2n) is 2.77. The minimum absolute atomic E-state index is 0.617. The third kappa shape index (κ3) is 2.18. The number of rotatable bonds is 0. The summed E-state index contributed by atoms with van der Waals surface area (Å²) < 4.78 is 0. The van der Waals surface area contributed by atoms with Gasteiger partial charge in [-0.25, -0.2) is 0 Å². The average molecular weight is 135 g/mol. The van der Waals surface area contributed by atoms with Crippen molar-refractivity contribution in [3.8, 4) is 0 Å². The maximum absolute atomic E-state index is 7.34. The van der Waals surface area contributed by atoms with Gasteiger partial charge in [-0.15, -0.1) is 0 Å². The monoisotopic (exact) mass is 135 g/mol. The van der Waals surface area contributed by atoms with Crippen LogP contribution in [0.5, 0.6) is 0 Å². The predicted molar refractivity (Wildman–Crippen MR) is 44.4 cm³/mol. The summed E-state index contributed by atoms with van der Waals surface area (Å²) in [6.07, 6.45) is 10.2. The number of hydrogen-bond donors (Lipinski definition) is 1. The number of allylic oxidation sites excluding steroid dienone is 4. The third-order valence-electron chi connectivity index (χ3n) is 1.69. The molecule has 0 heterocycles. The van der Waals surface area contributed by atoms with Crippen LogP contribution >= 0.6 is 0 Å². The van der Waals surface area contributed by atoms with Crippen LogP contribution in [0.25, 0.3) is 0 Å². The standard InChI is InChI=1S/C9H13N/c1-8-4-2-3-5-9(10)7-6-8/h3,5-8,10H,2,4H2,1H3/b5-3-,7-6?,10-9?. The summed E-state index contributed by atoms with van der Waals surface area (Å²) in [4.78, 5) is 0. The molecule has 0 bridgehead atoms. The molecule has 54 valence electrons. The third-order valence-corrected chi connectivity index (χ3v) is 1.69. The van der Waals surface area contributed by atoms with E-state index in [-0.39, 0.29) is 0 Å². The summed E-state index contributed by atoms with van der Waals surface area (Å²) >= 11 is 0. The molecule has 0 aromatic heterocycles. The van der Waals surface area contributed by atoms with Gasteiger partial charge in [0.25, 0.3) is 0 Å². The molecule has 1 aliphatic carbocycles. The Morgan fingerprint density at radius 1 is 1.50 bits per heavy atom. The minimum atomic E-state index is 0.617. The minimum Gasteiger partial charge on any atom is -0.301 e. The molecule has 0 fully saturated rings. The largest absolute Gasteiger partial charge is 0.301 e. The van der Waals surface area contributed by atoms with Crippen molar-refractivity contribution in [3.63, 3.8) is 0 Å². The molecule has 1 rings (SSSR count). The lowest BCUT2D eigenvalue weighted by molar-refractivity contribution is 0.657. The zero-order valence-electron chi connectivity index (χ0n) is 6.30. The Morgan fingerprint density at radius 3 is 3.10 bits per heavy atom. The van der Waals surface area contributed by atoms with Crippen molar-refractivity contribution in [3.05, 3.63) is 24.3 Å². The van der Waals surface area contributed by atoms with Crippen LogP contribution in [0.1, 0.15) is 19.8 Å². The molecular weight excluding hydrogens is 122 g/mol. The van der Waals surface area contributed by atoms with Crippen molar-refractivity contribution in [2.24, 2.45) is 5.92 Å². The van der Waals surface area contributed by atoms with Gasteiger partial charge >= 0.3 is 0 Å². The molecule has 0 aromatic rings. The Balaban J connectivity index is 2.61. The van der Waals surface area contributed by atoms with Crippen molar-refractivity contribution < 1.29 is 0 Å². The molecule has 0 saturated carbocycles. The maximum Gasteiger partial charge on any atom is 0.0533 e. The summed E-state index contributed by atoms with van der Waals surface area (Å²) in [5, 5.41) is 7.34.